The highest BCUT2D eigenvalue weighted by atomic mass is 32.2. The molecule has 0 bridgehead atoms. The standard InChI is InChI=1S/C20H31N3O4S/c1-20(2)9-5-10-22(15-20)11-12-23(14-18(24)21-3)28(25,26)17-7-4-6-16-8-13-27-19(16)17/h4,6-7H,5,8-15H2,1-3H3,(H,21,24). The van der Waals surface area contributed by atoms with Crippen LogP contribution in [0.3, 0.4) is 0 Å². The molecule has 1 saturated heterocycles. The largest absolute Gasteiger partial charge is 0.492 e. The molecule has 0 saturated carbocycles. The number of nitrogens with zero attached hydrogens (tertiary/aromatic N) is 2. The normalized spacial score (nSPS) is 19.3. The molecule has 3 rings (SSSR count). The van der Waals surface area contributed by atoms with Gasteiger partial charge in [0.15, 0.2) is 0 Å². The van der Waals surface area contributed by atoms with Gasteiger partial charge in [-0.15, -0.1) is 0 Å². The maximum Gasteiger partial charge on any atom is 0.247 e. The van der Waals surface area contributed by atoms with Crippen LogP contribution in [-0.2, 0) is 21.2 Å². The molecule has 1 fully saturated rings. The predicted molar refractivity (Wildman–Crippen MR) is 108 cm³/mol. The molecule has 0 radical (unpaired) electrons. The fourth-order valence-electron chi connectivity index (χ4n) is 4.04. The first-order chi connectivity index (χ1) is 13.2. The maximum absolute atomic E-state index is 13.4. The number of hydrogen-bond acceptors (Lipinski definition) is 5. The van der Waals surface area contributed by atoms with Crippen LogP contribution in [0.25, 0.3) is 0 Å². The van der Waals surface area contributed by atoms with E-state index in [2.05, 4.69) is 24.1 Å². The van der Waals surface area contributed by atoms with Gasteiger partial charge in [0.2, 0.25) is 15.9 Å². The van der Waals surface area contributed by atoms with E-state index in [4.69, 9.17) is 4.74 Å². The molecule has 156 valence electrons. The van der Waals surface area contributed by atoms with Crippen LogP contribution in [0.1, 0.15) is 32.3 Å². The molecule has 2 aliphatic rings. The predicted octanol–water partition coefficient (Wildman–Crippen LogP) is 1.48. The summed E-state index contributed by atoms with van der Waals surface area (Å²) in [6, 6.07) is 5.20. The van der Waals surface area contributed by atoms with Crippen LogP contribution in [0.5, 0.6) is 5.75 Å². The Kier molecular flexibility index (Phi) is 6.31. The third-order valence-electron chi connectivity index (χ3n) is 5.54. The van der Waals surface area contributed by atoms with Gasteiger partial charge in [-0.05, 0) is 36.4 Å². The number of benzene rings is 1. The monoisotopic (exact) mass is 409 g/mol. The van der Waals surface area contributed by atoms with Crippen molar-refractivity contribution in [3.8, 4) is 5.75 Å². The molecule has 1 N–H and O–H groups in total. The van der Waals surface area contributed by atoms with E-state index >= 15 is 0 Å². The molecule has 2 heterocycles. The zero-order chi connectivity index (χ0) is 20.4. The number of sulfonamides is 1. The number of ether oxygens (including phenoxy) is 1. The lowest BCUT2D eigenvalue weighted by Crippen LogP contribution is -2.47. The molecule has 2 aliphatic heterocycles. The number of fused-ring (bicyclic) bond motifs is 1. The molecule has 0 atom stereocenters. The first-order valence-electron chi connectivity index (χ1n) is 9.91. The minimum absolute atomic E-state index is 0.158. The third kappa shape index (κ3) is 4.67. The van der Waals surface area contributed by atoms with E-state index in [1.807, 2.05) is 6.07 Å². The van der Waals surface area contributed by atoms with Gasteiger partial charge in [-0.2, -0.15) is 4.31 Å². The average Bonchev–Trinajstić information content (AvgIpc) is 3.12. The summed E-state index contributed by atoms with van der Waals surface area (Å²) < 4.78 is 33.7. The van der Waals surface area contributed by atoms with Gasteiger partial charge in [0, 0.05) is 33.1 Å². The Balaban J connectivity index is 1.81. The molecule has 1 aromatic rings. The van der Waals surface area contributed by atoms with Crippen molar-refractivity contribution in [1.29, 1.82) is 0 Å². The average molecular weight is 410 g/mol. The number of hydrogen-bond donors (Lipinski definition) is 1. The van der Waals surface area contributed by atoms with Gasteiger partial charge in [-0.3, -0.25) is 4.79 Å². The summed E-state index contributed by atoms with van der Waals surface area (Å²) in [5.41, 5.74) is 1.13. The smallest absolute Gasteiger partial charge is 0.247 e. The molecule has 8 heteroatoms. The van der Waals surface area contributed by atoms with E-state index in [1.165, 1.54) is 17.8 Å². The van der Waals surface area contributed by atoms with Gasteiger partial charge in [0.25, 0.3) is 0 Å². The highest BCUT2D eigenvalue weighted by Crippen LogP contribution is 2.34. The second kappa shape index (κ2) is 8.39. The number of likely N-dealkylation sites (tertiary alicyclic amines) is 1. The number of para-hydroxylation sites is 1. The highest BCUT2D eigenvalue weighted by Gasteiger charge is 2.33. The van der Waals surface area contributed by atoms with Crippen molar-refractivity contribution in [3.05, 3.63) is 23.8 Å². The topological polar surface area (TPSA) is 79.0 Å². The molecule has 1 aromatic carbocycles. The Morgan fingerprint density at radius 1 is 1.36 bits per heavy atom. The lowest BCUT2D eigenvalue weighted by atomic mass is 9.84. The van der Waals surface area contributed by atoms with E-state index in [-0.39, 0.29) is 29.3 Å². The van der Waals surface area contributed by atoms with Crippen molar-refractivity contribution in [2.45, 2.75) is 38.0 Å². The molecule has 0 unspecified atom stereocenters. The van der Waals surface area contributed by atoms with Crippen molar-refractivity contribution in [2.24, 2.45) is 5.41 Å². The minimum Gasteiger partial charge on any atom is -0.492 e. The summed E-state index contributed by atoms with van der Waals surface area (Å²) in [5, 5.41) is 2.53. The lowest BCUT2D eigenvalue weighted by molar-refractivity contribution is -0.120. The fraction of sp³-hybridized carbons (Fsp3) is 0.650. The number of rotatable bonds is 7. The summed E-state index contributed by atoms with van der Waals surface area (Å²) in [5.74, 6) is 0.111. The Hall–Kier alpha value is -1.64. The van der Waals surface area contributed by atoms with E-state index in [9.17, 15) is 13.2 Å². The number of carbonyl (C=O) groups is 1. The minimum atomic E-state index is -3.84. The lowest BCUT2D eigenvalue weighted by Gasteiger charge is -2.38. The molecule has 0 spiro atoms. The SMILES string of the molecule is CNC(=O)CN(CCN1CCCC(C)(C)C1)S(=O)(=O)c1cccc2c1OCC2. The molecule has 0 aliphatic carbocycles. The maximum atomic E-state index is 13.4. The fourth-order valence-corrected chi connectivity index (χ4v) is 5.60. The van der Waals surface area contributed by atoms with Crippen molar-refractivity contribution < 1.29 is 17.9 Å². The van der Waals surface area contributed by atoms with Crippen molar-refractivity contribution in [1.82, 2.24) is 14.5 Å². The van der Waals surface area contributed by atoms with Gasteiger partial charge in [0.05, 0.1) is 13.2 Å². The van der Waals surface area contributed by atoms with Gasteiger partial charge in [0.1, 0.15) is 10.6 Å². The van der Waals surface area contributed by atoms with Gasteiger partial charge < -0.3 is 15.0 Å². The molecular formula is C20H31N3O4S. The summed E-state index contributed by atoms with van der Waals surface area (Å²) in [6.07, 6.45) is 2.99. The highest BCUT2D eigenvalue weighted by molar-refractivity contribution is 7.89. The Morgan fingerprint density at radius 3 is 2.86 bits per heavy atom. The molecule has 0 aromatic heterocycles. The first kappa shape index (κ1) is 21.1. The van der Waals surface area contributed by atoms with E-state index in [0.717, 1.165) is 25.1 Å². The Morgan fingerprint density at radius 2 is 2.14 bits per heavy atom. The quantitative estimate of drug-likeness (QED) is 0.738. The number of amides is 1. The summed E-state index contributed by atoms with van der Waals surface area (Å²) in [7, 11) is -2.32. The van der Waals surface area contributed by atoms with Crippen LogP contribution in [0.15, 0.2) is 23.1 Å². The molecule has 28 heavy (non-hydrogen) atoms. The summed E-state index contributed by atoms with van der Waals surface area (Å²) in [4.78, 5) is 14.5. The van der Waals surface area contributed by atoms with Crippen molar-refractivity contribution in [2.75, 3.05) is 46.4 Å². The summed E-state index contributed by atoms with van der Waals surface area (Å²) >= 11 is 0. The second-order valence-electron chi connectivity index (χ2n) is 8.40. The van der Waals surface area contributed by atoms with Crippen LogP contribution in [0, 0.1) is 5.41 Å². The van der Waals surface area contributed by atoms with Gasteiger partial charge in [-0.1, -0.05) is 26.0 Å². The van der Waals surface area contributed by atoms with Crippen LogP contribution < -0.4 is 10.1 Å². The molecular weight excluding hydrogens is 378 g/mol. The molecule has 1 amide bonds. The van der Waals surface area contributed by atoms with E-state index < -0.39 is 10.0 Å². The number of piperidine rings is 1. The van der Waals surface area contributed by atoms with E-state index in [1.54, 1.807) is 12.1 Å². The van der Waals surface area contributed by atoms with Crippen molar-refractivity contribution in [3.63, 3.8) is 0 Å². The second-order valence-corrected chi connectivity index (χ2v) is 10.3. The van der Waals surface area contributed by atoms with Crippen molar-refractivity contribution >= 4 is 15.9 Å². The molecule has 7 nitrogen and oxygen atoms in total. The first-order valence-corrected chi connectivity index (χ1v) is 11.3. The number of carbonyl (C=O) groups excluding carboxylic acids is 1. The zero-order valence-electron chi connectivity index (χ0n) is 17.0. The number of nitrogens with one attached hydrogen (secondary N) is 1. The summed E-state index contributed by atoms with van der Waals surface area (Å²) in [6.45, 7) is 7.54. The van der Waals surface area contributed by atoms with Crippen LogP contribution in [0.2, 0.25) is 0 Å². The van der Waals surface area contributed by atoms with Gasteiger partial charge in [-0.25, -0.2) is 8.42 Å². The van der Waals surface area contributed by atoms with Gasteiger partial charge >= 0.3 is 0 Å². The van der Waals surface area contributed by atoms with Crippen LogP contribution in [-0.4, -0.2) is 69.9 Å². The zero-order valence-corrected chi connectivity index (χ0v) is 17.8. The number of likely N-dealkylation sites (N-methyl/N-ethyl adjacent to an activating group) is 1. The Bertz CT molecular complexity index is 823. The van der Waals surface area contributed by atoms with E-state index in [0.29, 0.717) is 25.3 Å². The third-order valence-corrected chi connectivity index (χ3v) is 7.41. The Labute approximate surface area is 168 Å². The van der Waals surface area contributed by atoms with Crippen LogP contribution in [0.4, 0.5) is 0 Å². The van der Waals surface area contributed by atoms with Crippen LogP contribution >= 0.6 is 0 Å².